The fourth-order valence-corrected chi connectivity index (χ4v) is 0.765. The van der Waals surface area contributed by atoms with E-state index in [4.69, 9.17) is 5.11 Å². The average molecular weight is 142 g/mol. The summed E-state index contributed by atoms with van der Waals surface area (Å²) in [5.41, 5.74) is 0. The van der Waals surface area contributed by atoms with E-state index in [0.29, 0.717) is 6.42 Å². The van der Waals surface area contributed by atoms with E-state index in [1.165, 1.54) is 0 Å². The van der Waals surface area contributed by atoms with Crippen molar-refractivity contribution in [3.05, 3.63) is 6.08 Å². The van der Waals surface area contributed by atoms with Crippen molar-refractivity contribution in [2.24, 2.45) is 0 Å². The van der Waals surface area contributed by atoms with Crippen LogP contribution in [0.5, 0.6) is 0 Å². The van der Waals surface area contributed by atoms with Crippen molar-refractivity contribution in [2.75, 3.05) is 0 Å². The Bertz CT molecular complexity index is 114. The van der Waals surface area contributed by atoms with E-state index in [0.717, 1.165) is 25.3 Å². The van der Waals surface area contributed by atoms with Gasteiger partial charge in [-0.25, -0.2) is 4.79 Å². The maximum absolute atomic E-state index is 9.71. The van der Waals surface area contributed by atoms with E-state index in [-0.39, 0.29) is 0 Å². The van der Waals surface area contributed by atoms with Crippen LogP contribution in [0.3, 0.4) is 0 Å². The Morgan fingerprint density at radius 3 is 2.80 bits per heavy atom. The van der Waals surface area contributed by atoms with Crippen molar-refractivity contribution < 1.29 is 9.90 Å². The molecule has 0 rings (SSSR count). The average Bonchev–Trinajstić information content (AvgIpc) is 1.89. The van der Waals surface area contributed by atoms with Crippen LogP contribution >= 0.6 is 0 Å². The molecule has 0 heterocycles. The van der Waals surface area contributed by atoms with Crippen molar-refractivity contribution in [1.82, 2.24) is 0 Å². The molecule has 0 radical (unpaired) electrons. The zero-order valence-corrected chi connectivity index (χ0v) is 6.34. The lowest BCUT2D eigenvalue weighted by Crippen LogP contribution is -2.01. The number of rotatable bonds is 5. The molecule has 0 fully saturated rings. The van der Waals surface area contributed by atoms with Crippen LogP contribution in [0.2, 0.25) is 0 Å². The van der Waals surface area contributed by atoms with Gasteiger partial charge in [0.15, 0.2) is 0 Å². The summed E-state index contributed by atoms with van der Waals surface area (Å²) < 4.78 is 0. The zero-order valence-electron chi connectivity index (χ0n) is 6.34. The zero-order chi connectivity index (χ0) is 7.82. The topological polar surface area (TPSA) is 37.3 Å². The molecule has 10 heavy (non-hydrogen) atoms. The van der Waals surface area contributed by atoms with Crippen LogP contribution in [0, 0.1) is 0 Å². The molecule has 0 saturated heterocycles. The molecular weight excluding hydrogens is 128 g/mol. The minimum Gasteiger partial charge on any atom is -0.388 e. The number of aliphatic hydroxyl groups excluding tert-OH is 1. The van der Waals surface area contributed by atoms with Gasteiger partial charge in [-0.2, -0.15) is 0 Å². The van der Waals surface area contributed by atoms with Gasteiger partial charge in [-0.3, -0.25) is 0 Å². The summed E-state index contributed by atoms with van der Waals surface area (Å²) >= 11 is 0. The van der Waals surface area contributed by atoms with Gasteiger partial charge in [0.2, 0.25) is 0 Å². The van der Waals surface area contributed by atoms with E-state index < -0.39 is 6.10 Å². The van der Waals surface area contributed by atoms with E-state index in [1.54, 1.807) is 5.94 Å². The quantitative estimate of drug-likeness (QED) is 0.464. The second-order valence-corrected chi connectivity index (χ2v) is 2.35. The highest BCUT2D eigenvalue weighted by Gasteiger charge is 1.96. The van der Waals surface area contributed by atoms with Crippen LogP contribution in [0.1, 0.15) is 32.6 Å². The summed E-state index contributed by atoms with van der Waals surface area (Å²) in [6.45, 7) is 2.10. The molecular formula is C8H14O2. The van der Waals surface area contributed by atoms with Gasteiger partial charge in [0, 0.05) is 6.08 Å². The third-order valence-electron chi connectivity index (χ3n) is 1.36. The van der Waals surface area contributed by atoms with Gasteiger partial charge in [-0.05, 0) is 6.42 Å². The second-order valence-electron chi connectivity index (χ2n) is 2.35. The highest BCUT2D eigenvalue weighted by Crippen LogP contribution is 2.02. The molecule has 0 bridgehead atoms. The number of hydrogen-bond donors (Lipinski definition) is 1. The first-order chi connectivity index (χ1) is 4.81. The number of unbranched alkanes of at least 4 members (excludes halogenated alkanes) is 2. The molecule has 1 unspecified atom stereocenters. The lowest BCUT2D eigenvalue weighted by Gasteiger charge is -2.00. The normalized spacial score (nSPS) is 12.2. The molecule has 2 nitrogen and oxygen atoms in total. The summed E-state index contributed by atoms with van der Waals surface area (Å²) in [6, 6.07) is 0. The maximum atomic E-state index is 9.71. The lowest BCUT2D eigenvalue weighted by atomic mass is 10.1. The third kappa shape index (κ3) is 5.54. The molecule has 0 aliphatic heterocycles. The number of hydrogen-bond acceptors (Lipinski definition) is 2. The van der Waals surface area contributed by atoms with E-state index in [1.807, 2.05) is 0 Å². The van der Waals surface area contributed by atoms with Crippen LogP contribution in [0.4, 0.5) is 0 Å². The van der Waals surface area contributed by atoms with E-state index >= 15 is 0 Å². The SMILES string of the molecule is CCCCCC(O)C=C=O. The maximum Gasteiger partial charge on any atom is 0.122 e. The predicted molar refractivity (Wildman–Crippen MR) is 40.4 cm³/mol. The largest absolute Gasteiger partial charge is 0.388 e. The molecule has 0 aromatic heterocycles. The first-order valence-electron chi connectivity index (χ1n) is 3.70. The summed E-state index contributed by atoms with van der Waals surface area (Å²) in [7, 11) is 0. The second kappa shape index (κ2) is 6.53. The number of aliphatic hydroxyl groups is 1. The first-order valence-corrected chi connectivity index (χ1v) is 3.70. The summed E-state index contributed by atoms with van der Waals surface area (Å²) in [4.78, 5) is 9.71. The molecule has 0 spiro atoms. The fourth-order valence-electron chi connectivity index (χ4n) is 0.765. The van der Waals surface area contributed by atoms with Crippen LogP contribution in [0.25, 0.3) is 0 Å². The molecule has 0 aliphatic carbocycles. The molecule has 0 aliphatic rings. The van der Waals surface area contributed by atoms with Crippen LogP contribution in [-0.2, 0) is 4.79 Å². The highest BCUT2D eigenvalue weighted by atomic mass is 16.3. The molecule has 1 atom stereocenters. The molecule has 58 valence electrons. The minimum atomic E-state index is -0.580. The monoisotopic (exact) mass is 142 g/mol. The van der Waals surface area contributed by atoms with E-state index in [9.17, 15) is 4.79 Å². The lowest BCUT2D eigenvalue weighted by molar-refractivity contribution is 0.209. The van der Waals surface area contributed by atoms with Gasteiger partial charge in [-0.1, -0.05) is 26.2 Å². The van der Waals surface area contributed by atoms with Crippen LogP contribution in [-0.4, -0.2) is 17.2 Å². The number of carbonyl (C=O) groups excluding carboxylic acids is 1. The van der Waals surface area contributed by atoms with Crippen molar-refractivity contribution in [2.45, 2.75) is 38.7 Å². The molecule has 0 aromatic carbocycles. The van der Waals surface area contributed by atoms with Gasteiger partial charge in [-0.15, -0.1) is 0 Å². The van der Waals surface area contributed by atoms with Crippen molar-refractivity contribution >= 4 is 5.94 Å². The van der Waals surface area contributed by atoms with Gasteiger partial charge in [0.25, 0.3) is 0 Å². The predicted octanol–water partition coefficient (Wildman–Crippen LogP) is 1.32. The Morgan fingerprint density at radius 2 is 2.30 bits per heavy atom. The summed E-state index contributed by atoms with van der Waals surface area (Å²) in [6.07, 6.45) is 4.50. The van der Waals surface area contributed by atoms with E-state index in [2.05, 4.69) is 6.92 Å². The molecule has 0 amide bonds. The van der Waals surface area contributed by atoms with Gasteiger partial charge in [0.1, 0.15) is 5.94 Å². The van der Waals surface area contributed by atoms with Crippen LogP contribution < -0.4 is 0 Å². The Hall–Kier alpha value is -0.590. The fraction of sp³-hybridized carbons (Fsp3) is 0.750. The van der Waals surface area contributed by atoms with Gasteiger partial charge in [0.05, 0.1) is 6.10 Å². The molecule has 0 aromatic rings. The summed E-state index contributed by atoms with van der Waals surface area (Å²) in [5.74, 6) is 1.57. The smallest absolute Gasteiger partial charge is 0.122 e. The molecule has 1 N–H and O–H groups in total. The van der Waals surface area contributed by atoms with Crippen LogP contribution in [0.15, 0.2) is 6.08 Å². The molecule has 2 heteroatoms. The molecule has 0 saturated carbocycles. The first kappa shape index (κ1) is 9.41. The Kier molecular flexibility index (Phi) is 6.14. The van der Waals surface area contributed by atoms with Crippen molar-refractivity contribution in [3.63, 3.8) is 0 Å². The third-order valence-corrected chi connectivity index (χ3v) is 1.36. The van der Waals surface area contributed by atoms with Crippen molar-refractivity contribution in [3.8, 4) is 0 Å². The summed E-state index contributed by atoms with van der Waals surface area (Å²) in [5, 5.41) is 8.96. The Balaban J connectivity index is 3.21. The van der Waals surface area contributed by atoms with Crippen molar-refractivity contribution in [1.29, 1.82) is 0 Å². The minimum absolute atomic E-state index is 0.580. The van der Waals surface area contributed by atoms with Gasteiger partial charge < -0.3 is 5.11 Å². The van der Waals surface area contributed by atoms with Gasteiger partial charge >= 0.3 is 0 Å². The Morgan fingerprint density at radius 1 is 1.60 bits per heavy atom. The highest BCUT2D eigenvalue weighted by molar-refractivity contribution is 5.45. The standard InChI is InChI=1S/C8H14O2/c1-2-3-4-5-8(10)6-7-9/h6,8,10H,2-5H2,1H3. The Labute approximate surface area is 61.6 Å².